The molecule has 22 heavy (non-hydrogen) atoms. The maximum Gasteiger partial charge on any atom is 0.0991 e. The first kappa shape index (κ1) is 16.5. The van der Waals surface area contributed by atoms with Crippen molar-refractivity contribution in [2.24, 2.45) is 0 Å². The number of halogens is 1. The van der Waals surface area contributed by atoms with Gasteiger partial charge in [0.25, 0.3) is 0 Å². The Balaban J connectivity index is 1.84. The van der Waals surface area contributed by atoms with Crippen molar-refractivity contribution in [1.82, 2.24) is 4.90 Å². The van der Waals surface area contributed by atoms with Crippen molar-refractivity contribution in [1.29, 1.82) is 5.26 Å². The van der Waals surface area contributed by atoms with Crippen molar-refractivity contribution in [2.75, 3.05) is 20.1 Å². The van der Waals surface area contributed by atoms with E-state index in [0.29, 0.717) is 12.1 Å². The number of aliphatic hydroxyl groups is 1. The van der Waals surface area contributed by atoms with Gasteiger partial charge in [-0.15, -0.1) is 0 Å². The minimum Gasteiger partial charge on any atom is -0.387 e. The van der Waals surface area contributed by atoms with Gasteiger partial charge in [0.2, 0.25) is 0 Å². The Morgan fingerprint density at radius 1 is 1.14 bits per heavy atom. The number of hydrogen-bond acceptors (Lipinski definition) is 3. The molecule has 0 fully saturated rings. The van der Waals surface area contributed by atoms with Gasteiger partial charge in [0.05, 0.1) is 17.7 Å². The first-order valence-electron chi connectivity index (χ1n) is 7.19. The first-order chi connectivity index (χ1) is 10.6. The fourth-order valence-electron chi connectivity index (χ4n) is 2.24. The highest BCUT2D eigenvalue weighted by Crippen LogP contribution is 2.15. The monoisotopic (exact) mass is 314 g/mol. The average molecular weight is 315 g/mol. The second kappa shape index (κ2) is 7.95. The highest BCUT2D eigenvalue weighted by Gasteiger charge is 2.10. The molecule has 0 aliphatic rings. The van der Waals surface area contributed by atoms with Crippen LogP contribution in [0.25, 0.3) is 0 Å². The number of nitriles is 1. The van der Waals surface area contributed by atoms with Gasteiger partial charge in [0.15, 0.2) is 0 Å². The van der Waals surface area contributed by atoms with Crippen LogP contribution in [0.5, 0.6) is 0 Å². The minimum absolute atomic E-state index is 0.553. The van der Waals surface area contributed by atoms with Crippen molar-refractivity contribution < 1.29 is 5.11 Å². The second-order valence-corrected chi connectivity index (χ2v) is 5.82. The van der Waals surface area contributed by atoms with Gasteiger partial charge in [-0.3, -0.25) is 0 Å². The molecule has 0 saturated heterocycles. The molecule has 1 N–H and O–H groups in total. The SMILES string of the molecule is CN(CCc1ccc(Cl)cc1)CC(O)c1ccc(C#N)cc1. The number of rotatable bonds is 6. The predicted molar refractivity (Wildman–Crippen MR) is 88.8 cm³/mol. The Hall–Kier alpha value is -1.86. The summed E-state index contributed by atoms with van der Waals surface area (Å²) >= 11 is 5.87. The van der Waals surface area contributed by atoms with Crippen LogP contribution in [0.2, 0.25) is 5.02 Å². The number of benzene rings is 2. The Morgan fingerprint density at radius 2 is 1.77 bits per heavy atom. The van der Waals surface area contributed by atoms with E-state index >= 15 is 0 Å². The molecule has 0 radical (unpaired) electrons. The maximum absolute atomic E-state index is 10.2. The fraction of sp³-hybridized carbons (Fsp3) is 0.278. The van der Waals surface area contributed by atoms with Gasteiger partial charge in [-0.05, 0) is 48.9 Å². The van der Waals surface area contributed by atoms with E-state index in [2.05, 4.69) is 11.0 Å². The summed E-state index contributed by atoms with van der Waals surface area (Å²) in [7, 11) is 1.99. The summed E-state index contributed by atoms with van der Waals surface area (Å²) in [5.74, 6) is 0. The lowest BCUT2D eigenvalue weighted by Gasteiger charge is -2.21. The van der Waals surface area contributed by atoms with Crippen LogP contribution in [0.4, 0.5) is 0 Å². The smallest absolute Gasteiger partial charge is 0.0991 e. The normalized spacial score (nSPS) is 12.1. The van der Waals surface area contributed by atoms with Gasteiger partial charge in [0, 0.05) is 18.1 Å². The van der Waals surface area contributed by atoms with Gasteiger partial charge < -0.3 is 10.0 Å². The molecule has 2 aromatic carbocycles. The van der Waals surface area contributed by atoms with Crippen LogP contribution >= 0.6 is 11.6 Å². The fourth-order valence-corrected chi connectivity index (χ4v) is 2.37. The third-order valence-corrected chi connectivity index (χ3v) is 3.86. The molecule has 2 aromatic rings. The van der Waals surface area contributed by atoms with Crippen molar-refractivity contribution in [3.8, 4) is 6.07 Å². The molecule has 0 aromatic heterocycles. The molecule has 0 bridgehead atoms. The second-order valence-electron chi connectivity index (χ2n) is 5.39. The van der Waals surface area contributed by atoms with Crippen LogP contribution < -0.4 is 0 Å². The van der Waals surface area contributed by atoms with E-state index in [0.717, 1.165) is 23.6 Å². The Labute approximate surface area is 136 Å². The van der Waals surface area contributed by atoms with Crippen molar-refractivity contribution in [2.45, 2.75) is 12.5 Å². The minimum atomic E-state index is -0.553. The quantitative estimate of drug-likeness (QED) is 0.888. The molecule has 0 saturated carbocycles. The van der Waals surface area contributed by atoms with E-state index in [1.807, 2.05) is 31.3 Å². The van der Waals surface area contributed by atoms with E-state index in [1.165, 1.54) is 5.56 Å². The highest BCUT2D eigenvalue weighted by molar-refractivity contribution is 6.30. The zero-order valence-electron chi connectivity index (χ0n) is 12.5. The zero-order valence-corrected chi connectivity index (χ0v) is 13.3. The number of hydrogen-bond donors (Lipinski definition) is 1. The number of aliphatic hydroxyl groups excluding tert-OH is 1. The molecule has 114 valence electrons. The van der Waals surface area contributed by atoms with Gasteiger partial charge in [-0.1, -0.05) is 35.9 Å². The molecule has 0 spiro atoms. The standard InChI is InChI=1S/C18H19ClN2O/c1-21(11-10-14-4-8-17(19)9-5-14)13-18(22)16-6-2-15(12-20)3-7-16/h2-9,18,22H,10-11,13H2,1H3. The number of likely N-dealkylation sites (N-methyl/N-ethyl adjacent to an activating group) is 1. The van der Waals surface area contributed by atoms with E-state index in [4.69, 9.17) is 16.9 Å². The predicted octanol–water partition coefficient (Wildman–Crippen LogP) is 3.42. The molecule has 0 aliphatic heterocycles. The lowest BCUT2D eigenvalue weighted by molar-refractivity contribution is 0.127. The van der Waals surface area contributed by atoms with Crippen LogP contribution in [-0.2, 0) is 6.42 Å². The molecule has 3 nitrogen and oxygen atoms in total. The summed E-state index contributed by atoms with van der Waals surface area (Å²) in [6.45, 7) is 1.41. The van der Waals surface area contributed by atoms with E-state index in [1.54, 1.807) is 24.3 Å². The molecule has 0 aliphatic carbocycles. The van der Waals surface area contributed by atoms with Gasteiger partial charge >= 0.3 is 0 Å². The zero-order chi connectivity index (χ0) is 15.9. The van der Waals surface area contributed by atoms with Gasteiger partial charge in [-0.2, -0.15) is 5.26 Å². The van der Waals surface area contributed by atoms with Crippen LogP contribution in [0.3, 0.4) is 0 Å². The molecular weight excluding hydrogens is 296 g/mol. The molecule has 2 rings (SSSR count). The topological polar surface area (TPSA) is 47.3 Å². The molecular formula is C18H19ClN2O. The van der Waals surface area contributed by atoms with Crippen LogP contribution in [0, 0.1) is 11.3 Å². The van der Waals surface area contributed by atoms with Gasteiger partial charge in [0.1, 0.15) is 0 Å². The van der Waals surface area contributed by atoms with Crippen LogP contribution in [0.1, 0.15) is 22.8 Å². The summed E-state index contributed by atoms with van der Waals surface area (Å²) in [6, 6.07) is 17.0. The maximum atomic E-state index is 10.2. The highest BCUT2D eigenvalue weighted by atomic mass is 35.5. The van der Waals surface area contributed by atoms with E-state index in [9.17, 15) is 5.11 Å². The largest absolute Gasteiger partial charge is 0.387 e. The summed E-state index contributed by atoms with van der Waals surface area (Å²) < 4.78 is 0. The molecule has 0 heterocycles. The first-order valence-corrected chi connectivity index (χ1v) is 7.57. The third kappa shape index (κ3) is 4.85. The summed E-state index contributed by atoms with van der Waals surface area (Å²) in [5.41, 5.74) is 2.66. The van der Waals surface area contributed by atoms with E-state index < -0.39 is 6.10 Å². The average Bonchev–Trinajstić information content (AvgIpc) is 2.54. The van der Waals surface area contributed by atoms with Crippen LogP contribution in [0.15, 0.2) is 48.5 Å². The Kier molecular flexibility index (Phi) is 5.97. The van der Waals surface area contributed by atoms with Crippen molar-refractivity contribution >= 4 is 11.6 Å². The molecule has 0 amide bonds. The van der Waals surface area contributed by atoms with E-state index in [-0.39, 0.29) is 0 Å². The van der Waals surface area contributed by atoms with Crippen molar-refractivity contribution in [3.63, 3.8) is 0 Å². The molecule has 1 unspecified atom stereocenters. The van der Waals surface area contributed by atoms with Crippen molar-refractivity contribution in [3.05, 3.63) is 70.2 Å². The summed E-state index contributed by atoms with van der Waals surface area (Å²) in [5, 5.41) is 19.8. The number of nitrogens with zero attached hydrogens (tertiary/aromatic N) is 2. The van der Waals surface area contributed by atoms with Gasteiger partial charge in [-0.25, -0.2) is 0 Å². The lowest BCUT2D eigenvalue weighted by Crippen LogP contribution is -2.26. The molecule has 1 atom stereocenters. The molecule has 4 heteroatoms. The Bertz CT molecular complexity index is 632. The summed E-state index contributed by atoms with van der Waals surface area (Å²) in [4.78, 5) is 2.09. The van der Waals surface area contributed by atoms with Crippen LogP contribution in [-0.4, -0.2) is 30.1 Å². The lowest BCUT2D eigenvalue weighted by atomic mass is 10.1. The summed E-state index contributed by atoms with van der Waals surface area (Å²) in [6.07, 6.45) is 0.358. The Morgan fingerprint density at radius 3 is 2.36 bits per heavy atom. The third-order valence-electron chi connectivity index (χ3n) is 3.60.